The highest BCUT2D eigenvalue weighted by Crippen LogP contribution is 2.38. The third-order valence-electron chi connectivity index (χ3n) is 10.1. The predicted molar refractivity (Wildman–Crippen MR) is 205 cm³/mol. The van der Waals surface area contributed by atoms with Crippen LogP contribution in [0.4, 0.5) is 0 Å². The fourth-order valence-electron chi connectivity index (χ4n) is 7.98. The summed E-state index contributed by atoms with van der Waals surface area (Å²) in [4.78, 5) is 16.0. The zero-order chi connectivity index (χ0) is 33.6. The molecule has 0 saturated carbocycles. The van der Waals surface area contributed by atoms with E-state index < -0.39 is 0 Å². The predicted octanol–water partition coefficient (Wildman–Crippen LogP) is 10.2. The van der Waals surface area contributed by atoms with Crippen LogP contribution in [0.1, 0.15) is 5.56 Å². The van der Waals surface area contributed by atoms with Crippen LogP contribution in [0.5, 0.6) is 0 Å². The molecular formula is C44H25N7. The summed E-state index contributed by atoms with van der Waals surface area (Å²) in [7, 11) is 0. The Balaban J connectivity index is 1.32. The Hall–Kier alpha value is -7.30. The molecule has 6 aromatic carbocycles. The number of aromatic nitrogens is 6. The van der Waals surface area contributed by atoms with Gasteiger partial charge in [0.05, 0.1) is 44.0 Å². The van der Waals surface area contributed by atoms with Crippen molar-refractivity contribution in [2.24, 2.45) is 0 Å². The minimum Gasteiger partial charge on any atom is -0.293 e. The number of nitrogens with zero attached hydrogens (tertiary/aromatic N) is 7. The van der Waals surface area contributed by atoms with Crippen molar-refractivity contribution in [2.75, 3.05) is 0 Å². The van der Waals surface area contributed by atoms with Gasteiger partial charge in [-0.05, 0) is 42.5 Å². The fraction of sp³-hybridized carbons (Fsp3) is 0. The van der Waals surface area contributed by atoms with Crippen molar-refractivity contribution < 1.29 is 0 Å². The van der Waals surface area contributed by atoms with E-state index in [9.17, 15) is 5.26 Å². The summed E-state index contributed by atoms with van der Waals surface area (Å²) >= 11 is 0. The molecule has 7 nitrogen and oxygen atoms in total. The molecule has 0 spiro atoms. The Bertz CT molecular complexity index is 3120. The van der Waals surface area contributed by atoms with Crippen LogP contribution in [0.15, 0.2) is 152 Å². The second-order valence-electron chi connectivity index (χ2n) is 12.8. The first-order chi connectivity index (χ1) is 25.3. The summed E-state index contributed by atoms with van der Waals surface area (Å²) in [5.74, 6) is 1.69. The molecule has 0 N–H and O–H groups in total. The van der Waals surface area contributed by atoms with Crippen molar-refractivity contribution in [2.45, 2.75) is 0 Å². The summed E-state index contributed by atoms with van der Waals surface area (Å²) in [6, 6.07) is 54.4. The van der Waals surface area contributed by atoms with Crippen molar-refractivity contribution in [1.82, 2.24) is 28.7 Å². The Kier molecular flexibility index (Phi) is 5.61. The summed E-state index contributed by atoms with van der Waals surface area (Å²) < 4.78 is 6.40. The van der Waals surface area contributed by atoms with Crippen molar-refractivity contribution >= 4 is 76.5 Å². The highest BCUT2D eigenvalue weighted by atomic mass is 15.2. The Morgan fingerprint density at radius 3 is 1.12 bits per heavy atom. The average Bonchev–Trinajstić information content (AvgIpc) is 3.83. The van der Waals surface area contributed by atoms with Crippen LogP contribution in [0.3, 0.4) is 0 Å². The van der Waals surface area contributed by atoms with E-state index in [1.807, 2.05) is 54.6 Å². The first-order valence-electron chi connectivity index (χ1n) is 16.9. The van der Waals surface area contributed by atoms with Crippen LogP contribution in [0.25, 0.3) is 94.0 Å². The molecule has 7 heteroatoms. The third-order valence-corrected chi connectivity index (χ3v) is 10.1. The number of nitriles is 1. The standard InChI is InChI=1S/C44H25N7/c45-26-27-25-34-41(46-42(27)49-35-19-7-1-13-28(35)29-14-2-8-20-36(29)49)47-44(51-39-23-11-5-17-32(39)33-18-6-12-24-40(33)51)48-43(34)50-37-21-9-3-15-30(37)31-16-4-10-22-38(31)50/h1-25H. The highest BCUT2D eigenvalue weighted by molar-refractivity contribution is 6.12. The summed E-state index contributed by atoms with van der Waals surface area (Å²) in [6.07, 6.45) is 0. The molecule has 0 amide bonds. The number of fused-ring (bicyclic) bond motifs is 10. The van der Waals surface area contributed by atoms with Gasteiger partial charge in [0.15, 0.2) is 17.3 Å². The minimum atomic E-state index is 0.434. The largest absolute Gasteiger partial charge is 0.293 e. The van der Waals surface area contributed by atoms with Crippen molar-refractivity contribution in [3.63, 3.8) is 0 Å². The molecule has 236 valence electrons. The third kappa shape index (κ3) is 3.79. The van der Waals surface area contributed by atoms with E-state index in [4.69, 9.17) is 15.0 Å². The van der Waals surface area contributed by atoms with Crippen LogP contribution < -0.4 is 0 Å². The molecule has 0 radical (unpaired) electrons. The number of benzene rings is 6. The average molecular weight is 652 g/mol. The lowest BCUT2D eigenvalue weighted by molar-refractivity contribution is 0.959. The van der Waals surface area contributed by atoms with Gasteiger partial charge in [-0.25, -0.2) is 4.98 Å². The van der Waals surface area contributed by atoms with Gasteiger partial charge in [-0.2, -0.15) is 15.2 Å². The zero-order valence-corrected chi connectivity index (χ0v) is 27.1. The first-order valence-corrected chi connectivity index (χ1v) is 16.9. The molecule has 11 aromatic rings. The molecule has 0 atom stereocenters. The van der Waals surface area contributed by atoms with E-state index in [0.717, 1.165) is 65.4 Å². The van der Waals surface area contributed by atoms with Gasteiger partial charge in [-0.3, -0.25) is 13.7 Å². The van der Waals surface area contributed by atoms with Crippen molar-refractivity contribution in [1.29, 1.82) is 5.26 Å². The molecule has 0 fully saturated rings. The molecular weight excluding hydrogens is 627 g/mol. The molecule has 0 saturated heterocycles. The van der Waals surface area contributed by atoms with Gasteiger partial charge in [-0.1, -0.05) is 109 Å². The van der Waals surface area contributed by atoms with Gasteiger partial charge in [0.25, 0.3) is 0 Å². The van der Waals surface area contributed by atoms with Crippen LogP contribution in [-0.4, -0.2) is 28.7 Å². The molecule has 0 aliphatic carbocycles. The molecule has 5 aromatic heterocycles. The number of rotatable bonds is 3. The van der Waals surface area contributed by atoms with E-state index in [1.165, 1.54) is 0 Å². The smallest absolute Gasteiger partial charge is 0.238 e. The lowest BCUT2D eigenvalue weighted by Crippen LogP contribution is -2.10. The topological polar surface area (TPSA) is 77.2 Å². The van der Waals surface area contributed by atoms with Gasteiger partial charge >= 0.3 is 0 Å². The molecule has 11 rings (SSSR count). The van der Waals surface area contributed by atoms with Crippen molar-refractivity contribution in [3.8, 4) is 23.7 Å². The molecule has 0 bridgehead atoms. The van der Waals surface area contributed by atoms with Crippen LogP contribution in [0, 0.1) is 11.3 Å². The lowest BCUT2D eigenvalue weighted by Gasteiger charge is -2.15. The molecule has 0 aliphatic heterocycles. The maximum absolute atomic E-state index is 10.8. The summed E-state index contributed by atoms with van der Waals surface area (Å²) in [6.45, 7) is 0. The Labute approximate surface area is 290 Å². The molecule has 5 heterocycles. The van der Waals surface area contributed by atoms with Crippen LogP contribution >= 0.6 is 0 Å². The number of hydrogen-bond donors (Lipinski definition) is 0. The molecule has 51 heavy (non-hydrogen) atoms. The van der Waals surface area contributed by atoms with Crippen LogP contribution in [-0.2, 0) is 0 Å². The number of hydrogen-bond acceptors (Lipinski definition) is 4. The quantitative estimate of drug-likeness (QED) is 0.191. The van der Waals surface area contributed by atoms with E-state index in [2.05, 4.69) is 117 Å². The van der Waals surface area contributed by atoms with E-state index in [-0.39, 0.29) is 0 Å². The second-order valence-corrected chi connectivity index (χ2v) is 12.8. The van der Waals surface area contributed by atoms with E-state index >= 15 is 0 Å². The Morgan fingerprint density at radius 2 is 0.725 bits per heavy atom. The van der Waals surface area contributed by atoms with Gasteiger partial charge < -0.3 is 0 Å². The minimum absolute atomic E-state index is 0.434. The van der Waals surface area contributed by atoms with Gasteiger partial charge in [0.1, 0.15) is 6.07 Å². The summed E-state index contributed by atoms with van der Waals surface area (Å²) in [5, 5.41) is 18.1. The van der Waals surface area contributed by atoms with Crippen molar-refractivity contribution in [3.05, 3.63) is 157 Å². The monoisotopic (exact) mass is 651 g/mol. The van der Waals surface area contributed by atoms with E-state index in [0.29, 0.717) is 34.2 Å². The van der Waals surface area contributed by atoms with Gasteiger partial charge in [0, 0.05) is 32.3 Å². The SMILES string of the molecule is N#Cc1cc2c(-n3c4ccccc4c4ccccc43)nc(-n3c4ccccc4c4ccccc43)nc2nc1-n1c2ccccc2c2ccccc21. The zero-order valence-electron chi connectivity index (χ0n) is 27.1. The van der Waals surface area contributed by atoms with E-state index in [1.54, 1.807) is 0 Å². The van der Waals surface area contributed by atoms with Crippen LogP contribution in [0.2, 0.25) is 0 Å². The molecule has 0 unspecified atom stereocenters. The highest BCUT2D eigenvalue weighted by Gasteiger charge is 2.23. The maximum atomic E-state index is 10.8. The maximum Gasteiger partial charge on any atom is 0.238 e. The summed E-state index contributed by atoms with van der Waals surface area (Å²) in [5.41, 5.74) is 6.90. The second kappa shape index (κ2) is 10.3. The fourth-order valence-corrected chi connectivity index (χ4v) is 7.98. The first kappa shape index (κ1) is 27.6. The Morgan fingerprint density at radius 1 is 0.373 bits per heavy atom. The van der Waals surface area contributed by atoms with Gasteiger partial charge in [0.2, 0.25) is 5.95 Å². The lowest BCUT2D eigenvalue weighted by atomic mass is 10.2. The van der Waals surface area contributed by atoms with Gasteiger partial charge in [-0.15, -0.1) is 0 Å². The normalized spacial score (nSPS) is 11.9. The number of para-hydroxylation sites is 6. The molecule has 0 aliphatic rings. The number of pyridine rings is 1.